The Hall–Kier alpha value is -1.23. The van der Waals surface area contributed by atoms with Crippen LogP contribution < -0.4 is 0 Å². The fraction of sp³-hybridized carbons (Fsp3) is 0.583. The maximum absolute atomic E-state index is 9.33. The van der Waals surface area contributed by atoms with E-state index in [0.29, 0.717) is 0 Å². The molecule has 0 N–H and O–H groups in total. The lowest BCUT2D eigenvalue weighted by molar-refractivity contribution is 0.344. The summed E-state index contributed by atoms with van der Waals surface area (Å²) in [6.07, 6.45) is 1.72. The number of rotatable bonds is 3. The largest absolute Gasteiger partial charge is 0.330 e. The Kier molecular flexibility index (Phi) is 3.00. The van der Waals surface area contributed by atoms with E-state index in [1.807, 2.05) is 0 Å². The molecular weight excluding hydrogens is 172 g/mol. The summed E-state index contributed by atoms with van der Waals surface area (Å²) in [5, 5.41) is 9.33. The van der Waals surface area contributed by atoms with Crippen LogP contribution >= 0.6 is 0 Å². The molecule has 1 aromatic heterocycles. The molecule has 0 aromatic carbocycles. The third-order valence-electron chi connectivity index (χ3n) is 3.08. The summed E-state index contributed by atoms with van der Waals surface area (Å²) in [7, 11) is 0. The second-order valence-corrected chi connectivity index (χ2v) is 3.80. The van der Waals surface area contributed by atoms with Crippen LogP contribution in [-0.4, -0.2) is 4.57 Å². The topological polar surface area (TPSA) is 28.7 Å². The minimum absolute atomic E-state index is 0.350. The average molecular weight is 190 g/mol. The quantitative estimate of drug-likeness (QED) is 0.719. The van der Waals surface area contributed by atoms with E-state index in [-0.39, 0.29) is 5.54 Å². The van der Waals surface area contributed by atoms with Crippen molar-refractivity contribution in [2.45, 2.75) is 46.1 Å². The van der Waals surface area contributed by atoms with E-state index in [9.17, 15) is 5.26 Å². The molecule has 14 heavy (non-hydrogen) atoms. The highest BCUT2D eigenvalue weighted by Gasteiger charge is 2.29. The maximum Gasteiger partial charge on any atom is 0.131 e. The molecule has 0 atom stereocenters. The Morgan fingerprint density at radius 1 is 1.21 bits per heavy atom. The molecule has 0 bridgehead atoms. The highest BCUT2D eigenvalue weighted by molar-refractivity contribution is 5.21. The van der Waals surface area contributed by atoms with Crippen LogP contribution in [0.1, 0.15) is 38.1 Å². The van der Waals surface area contributed by atoms with E-state index in [1.165, 1.54) is 11.4 Å². The highest BCUT2D eigenvalue weighted by Crippen LogP contribution is 2.28. The molecule has 0 saturated heterocycles. The Morgan fingerprint density at radius 3 is 1.93 bits per heavy atom. The molecule has 1 rings (SSSR count). The first-order chi connectivity index (χ1) is 6.61. The molecule has 0 aliphatic rings. The van der Waals surface area contributed by atoms with Crippen molar-refractivity contribution in [3.63, 3.8) is 0 Å². The molecule has 2 heteroatoms. The molecule has 1 aromatic rings. The van der Waals surface area contributed by atoms with Gasteiger partial charge in [0, 0.05) is 11.4 Å². The fourth-order valence-electron chi connectivity index (χ4n) is 2.12. The Labute approximate surface area is 86.2 Å². The summed E-state index contributed by atoms with van der Waals surface area (Å²) in [5.74, 6) is 0. The summed E-state index contributed by atoms with van der Waals surface area (Å²) in [6, 6.07) is 6.61. The molecule has 0 spiro atoms. The van der Waals surface area contributed by atoms with Crippen LogP contribution in [0.25, 0.3) is 0 Å². The summed E-state index contributed by atoms with van der Waals surface area (Å²) in [5.41, 5.74) is 2.00. The van der Waals surface area contributed by atoms with Crippen molar-refractivity contribution >= 4 is 0 Å². The SMILES string of the molecule is CCC(C#N)(CC)n1c(C)ccc1C. The smallest absolute Gasteiger partial charge is 0.131 e. The standard InChI is InChI=1S/C12H18N2/c1-5-12(6-2,9-13)14-10(3)7-8-11(14)4/h7-8H,5-6H2,1-4H3. The van der Waals surface area contributed by atoms with Gasteiger partial charge in [-0.2, -0.15) is 5.26 Å². The predicted molar refractivity (Wildman–Crippen MR) is 58.1 cm³/mol. The molecule has 1 heterocycles. The number of hydrogen-bond acceptors (Lipinski definition) is 1. The van der Waals surface area contributed by atoms with Crippen LogP contribution in [0.5, 0.6) is 0 Å². The molecule has 2 nitrogen and oxygen atoms in total. The Balaban J connectivity index is 3.32. The van der Waals surface area contributed by atoms with E-state index < -0.39 is 0 Å². The zero-order valence-electron chi connectivity index (χ0n) is 9.46. The van der Waals surface area contributed by atoms with Gasteiger partial charge < -0.3 is 4.57 Å². The molecule has 76 valence electrons. The lowest BCUT2D eigenvalue weighted by atomic mass is 9.93. The Bertz CT molecular complexity index is 331. The van der Waals surface area contributed by atoms with Crippen LogP contribution in [0.4, 0.5) is 0 Å². The third-order valence-corrected chi connectivity index (χ3v) is 3.08. The van der Waals surface area contributed by atoms with Gasteiger partial charge in [0.1, 0.15) is 5.54 Å². The van der Waals surface area contributed by atoms with Gasteiger partial charge in [-0.15, -0.1) is 0 Å². The van der Waals surface area contributed by atoms with E-state index in [2.05, 4.69) is 50.5 Å². The van der Waals surface area contributed by atoms with Crippen LogP contribution in [0, 0.1) is 25.2 Å². The van der Waals surface area contributed by atoms with Crippen LogP contribution in [0.2, 0.25) is 0 Å². The number of nitrogens with zero attached hydrogens (tertiary/aromatic N) is 2. The van der Waals surface area contributed by atoms with Gasteiger partial charge in [0.05, 0.1) is 6.07 Å². The molecule has 0 saturated carbocycles. The van der Waals surface area contributed by atoms with Crippen molar-refractivity contribution in [1.82, 2.24) is 4.57 Å². The minimum atomic E-state index is -0.350. The monoisotopic (exact) mass is 190 g/mol. The van der Waals surface area contributed by atoms with Crippen molar-refractivity contribution in [3.8, 4) is 6.07 Å². The summed E-state index contributed by atoms with van der Waals surface area (Å²) >= 11 is 0. The number of nitriles is 1. The van der Waals surface area contributed by atoms with Gasteiger partial charge in [-0.25, -0.2) is 0 Å². The number of aromatic nitrogens is 1. The first kappa shape index (κ1) is 10.8. The zero-order valence-corrected chi connectivity index (χ0v) is 9.46. The molecular formula is C12H18N2. The van der Waals surface area contributed by atoms with Gasteiger partial charge in [0.25, 0.3) is 0 Å². The van der Waals surface area contributed by atoms with Gasteiger partial charge in [-0.3, -0.25) is 0 Å². The first-order valence-electron chi connectivity index (χ1n) is 5.18. The van der Waals surface area contributed by atoms with E-state index in [4.69, 9.17) is 0 Å². The van der Waals surface area contributed by atoms with E-state index in [1.54, 1.807) is 0 Å². The minimum Gasteiger partial charge on any atom is -0.330 e. The highest BCUT2D eigenvalue weighted by atomic mass is 15.1. The van der Waals surface area contributed by atoms with Crippen molar-refractivity contribution < 1.29 is 0 Å². The van der Waals surface area contributed by atoms with Gasteiger partial charge >= 0.3 is 0 Å². The molecule has 0 amide bonds. The number of aryl methyl sites for hydroxylation is 2. The fourth-order valence-corrected chi connectivity index (χ4v) is 2.12. The van der Waals surface area contributed by atoms with Crippen LogP contribution in [0.15, 0.2) is 12.1 Å². The molecule has 0 unspecified atom stereocenters. The second-order valence-electron chi connectivity index (χ2n) is 3.80. The van der Waals surface area contributed by atoms with Crippen molar-refractivity contribution in [2.75, 3.05) is 0 Å². The Morgan fingerprint density at radius 2 is 1.64 bits per heavy atom. The number of hydrogen-bond donors (Lipinski definition) is 0. The van der Waals surface area contributed by atoms with Crippen molar-refractivity contribution in [1.29, 1.82) is 5.26 Å². The van der Waals surface area contributed by atoms with Crippen LogP contribution in [0.3, 0.4) is 0 Å². The van der Waals surface area contributed by atoms with Crippen molar-refractivity contribution in [3.05, 3.63) is 23.5 Å². The van der Waals surface area contributed by atoms with E-state index in [0.717, 1.165) is 12.8 Å². The molecule has 0 radical (unpaired) electrons. The third kappa shape index (κ3) is 1.43. The summed E-state index contributed by atoms with van der Waals surface area (Å²) in [6.45, 7) is 8.27. The lowest BCUT2D eigenvalue weighted by Gasteiger charge is -2.29. The summed E-state index contributed by atoms with van der Waals surface area (Å²) < 4.78 is 2.16. The molecule has 0 aliphatic carbocycles. The second kappa shape index (κ2) is 3.88. The average Bonchev–Trinajstić information content (AvgIpc) is 2.53. The van der Waals surface area contributed by atoms with Crippen LogP contribution in [-0.2, 0) is 5.54 Å². The normalized spacial score (nSPS) is 11.4. The molecule has 0 aliphatic heterocycles. The maximum atomic E-state index is 9.33. The van der Waals surface area contributed by atoms with Gasteiger partial charge in [0.15, 0.2) is 0 Å². The lowest BCUT2D eigenvalue weighted by Crippen LogP contribution is -2.32. The first-order valence-corrected chi connectivity index (χ1v) is 5.18. The zero-order chi connectivity index (χ0) is 10.8. The van der Waals surface area contributed by atoms with Gasteiger partial charge in [-0.1, -0.05) is 13.8 Å². The van der Waals surface area contributed by atoms with E-state index >= 15 is 0 Å². The molecule has 0 fully saturated rings. The predicted octanol–water partition coefficient (Wildman–Crippen LogP) is 3.14. The summed E-state index contributed by atoms with van der Waals surface area (Å²) in [4.78, 5) is 0. The van der Waals surface area contributed by atoms with Crippen molar-refractivity contribution in [2.24, 2.45) is 0 Å². The van der Waals surface area contributed by atoms with Gasteiger partial charge in [0.2, 0.25) is 0 Å². The van der Waals surface area contributed by atoms with Gasteiger partial charge in [-0.05, 0) is 38.8 Å².